The minimum absolute atomic E-state index is 0.153. The summed E-state index contributed by atoms with van der Waals surface area (Å²) in [5.74, 6) is -0.968. The number of aromatic amines is 1. The van der Waals surface area contributed by atoms with Crippen molar-refractivity contribution in [3.63, 3.8) is 0 Å². The van der Waals surface area contributed by atoms with Crippen molar-refractivity contribution in [1.29, 1.82) is 0 Å². The summed E-state index contributed by atoms with van der Waals surface area (Å²) in [6, 6.07) is 11.3. The fourth-order valence-corrected chi connectivity index (χ4v) is 2.61. The number of amides is 2. The first kappa shape index (κ1) is 17.5. The Hall–Kier alpha value is -3.32. The van der Waals surface area contributed by atoms with E-state index in [0.717, 1.165) is 0 Å². The average Bonchev–Trinajstić information content (AvgIpc) is 2.66. The maximum atomic E-state index is 12.5. The topological polar surface area (TPSA) is 100 Å². The predicted octanol–water partition coefficient (Wildman–Crippen LogP) is 2.26. The van der Waals surface area contributed by atoms with Crippen LogP contribution in [-0.4, -0.2) is 23.9 Å². The lowest BCUT2D eigenvalue weighted by Gasteiger charge is -2.10. The molecular formula is C18H14ClN3O4. The number of benzene rings is 2. The number of methoxy groups -OCH3 is 1. The van der Waals surface area contributed by atoms with Crippen LogP contribution in [0.5, 0.6) is 5.75 Å². The Bertz CT molecular complexity index is 1060. The SMILES string of the molecule is COc1ccccc1C(=O)NNC(=O)c1c[nH]c2ccc(Cl)cc2c1=O. The summed E-state index contributed by atoms with van der Waals surface area (Å²) in [5, 5.41) is 0.659. The maximum Gasteiger partial charge on any atom is 0.275 e. The van der Waals surface area contributed by atoms with Crippen molar-refractivity contribution in [2.45, 2.75) is 0 Å². The molecule has 2 aromatic carbocycles. The lowest BCUT2D eigenvalue weighted by atomic mass is 10.1. The van der Waals surface area contributed by atoms with Gasteiger partial charge in [-0.2, -0.15) is 0 Å². The summed E-state index contributed by atoms with van der Waals surface area (Å²) in [4.78, 5) is 39.8. The third-order valence-electron chi connectivity index (χ3n) is 3.73. The molecule has 3 rings (SSSR count). The van der Waals surface area contributed by atoms with Crippen LogP contribution in [0.15, 0.2) is 53.5 Å². The number of hydrazine groups is 1. The molecule has 0 aliphatic carbocycles. The summed E-state index contributed by atoms with van der Waals surface area (Å²) >= 11 is 5.90. The van der Waals surface area contributed by atoms with E-state index in [1.165, 1.54) is 19.4 Å². The molecule has 0 saturated heterocycles. The Morgan fingerprint density at radius 3 is 2.46 bits per heavy atom. The number of para-hydroxylation sites is 1. The molecule has 0 aliphatic heterocycles. The number of aromatic nitrogens is 1. The van der Waals surface area contributed by atoms with Gasteiger partial charge in [-0.1, -0.05) is 23.7 Å². The summed E-state index contributed by atoms with van der Waals surface area (Å²) in [6.07, 6.45) is 1.28. The van der Waals surface area contributed by atoms with Crippen molar-refractivity contribution in [2.24, 2.45) is 0 Å². The molecule has 7 nitrogen and oxygen atoms in total. The molecule has 0 fully saturated rings. The van der Waals surface area contributed by atoms with E-state index >= 15 is 0 Å². The number of carbonyl (C=O) groups is 2. The van der Waals surface area contributed by atoms with Gasteiger partial charge in [0.1, 0.15) is 11.3 Å². The number of rotatable bonds is 3. The highest BCUT2D eigenvalue weighted by Gasteiger charge is 2.16. The molecule has 132 valence electrons. The maximum absolute atomic E-state index is 12.5. The van der Waals surface area contributed by atoms with E-state index in [0.29, 0.717) is 16.3 Å². The van der Waals surface area contributed by atoms with E-state index in [4.69, 9.17) is 16.3 Å². The molecule has 1 aromatic heterocycles. The van der Waals surface area contributed by atoms with Gasteiger partial charge in [-0.15, -0.1) is 0 Å². The lowest BCUT2D eigenvalue weighted by Crippen LogP contribution is -2.43. The van der Waals surface area contributed by atoms with Crippen molar-refractivity contribution in [3.05, 3.63) is 75.0 Å². The van der Waals surface area contributed by atoms with Gasteiger partial charge in [0, 0.05) is 22.1 Å². The molecule has 0 aliphatic rings. The van der Waals surface area contributed by atoms with Gasteiger partial charge in [0.15, 0.2) is 0 Å². The highest BCUT2D eigenvalue weighted by atomic mass is 35.5. The zero-order valence-corrected chi connectivity index (χ0v) is 14.4. The number of fused-ring (bicyclic) bond motifs is 1. The first-order valence-corrected chi connectivity index (χ1v) is 7.93. The van der Waals surface area contributed by atoms with Gasteiger partial charge in [0.25, 0.3) is 11.8 Å². The van der Waals surface area contributed by atoms with E-state index in [1.807, 2.05) is 0 Å². The number of hydrogen-bond acceptors (Lipinski definition) is 4. The van der Waals surface area contributed by atoms with Crippen LogP contribution in [0, 0.1) is 0 Å². The number of carbonyl (C=O) groups excluding carboxylic acids is 2. The third kappa shape index (κ3) is 3.38. The zero-order chi connectivity index (χ0) is 18.7. The number of pyridine rings is 1. The fourth-order valence-electron chi connectivity index (χ4n) is 2.44. The lowest BCUT2D eigenvalue weighted by molar-refractivity contribution is 0.0844. The van der Waals surface area contributed by atoms with Gasteiger partial charge in [-0.25, -0.2) is 0 Å². The Balaban J connectivity index is 1.80. The molecule has 3 aromatic rings. The third-order valence-corrected chi connectivity index (χ3v) is 3.96. The minimum atomic E-state index is -0.753. The van der Waals surface area contributed by atoms with E-state index in [1.54, 1.807) is 36.4 Å². The van der Waals surface area contributed by atoms with E-state index < -0.39 is 17.2 Å². The highest BCUT2D eigenvalue weighted by Crippen LogP contribution is 2.17. The van der Waals surface area contributed by atoms with Crippen LogP contribution in [0.3, 0.4) is 0 Å². The molecule has 1 heterocycles. The Morgan fingerprint density at radius 2 is 1.73 bits per heavy atom. The number of halogens is 1. The fraction of sp³-hybridized carbons (Fsp3) is 0.0556. The minimum Gasteiger partial charge on any atom is -0.496 e. The van der Waals surface area contributed by atoms with Crippen LogP contribution in [0.1, 0.15) is 20.7 Å². The molecule has 26 heavy (non-hydrogen) atoms. The molecule has 0 spiro atoms. The van der Waals surface area contributed by atoms with Gasteiger partial charge >= 0.3 is 0 Å². The molecule has 2 amide bonds. The monoisotopic (exact) mass is 371 g/mol. The zero-order valence-electron chi connectivity index (χ0n) is 13.6. The Morgan fingerprint density at radius 1 is 1.04 bits per heavy atom. The second kappa shape index (κ2) is 7.28. The van der Waals surface area contributed by atoms with Gasteiger partial charge in [-0.3, -0.25) is 25.2 Å². The van der Waals surface area contributed by atoms with Crippen molar-refractivity contribution >= 4 is 34.3 Å². The summed E-state index contributed by atoms with van der Waals surface area (Å²) in [5.41, 5.74) is 4.63. The number of nitrogens with one attached hydrogen (secondary N) is 3. The van der Waals surface area contributed by atoms with Crippen LogP contribution in [-0.2, 0) is 0 Å². The molecule has 0 bridgehead atoms. The molecule has 3 N–H and O–H groups in total. The van der Waals surface area contributed by atoms with Crippen LogP contribution >= 0.6 is 11.6 Å². The van der Waals surface area contributed by atoms with Crippen LogP contribution in [0.4, 0.5) is 0 Å². The molecular weight excluding hydrogens is 358 g/mol. The van der Waals surface area contributed by atoms with Gasteiger partial charge in [0.2, 0.25) is 5.43 Å². The van der Waals surface area contributed by atoms with E-state index in [9.17, 15) is 14.4 Å². The standard InChI is InChI=1S/C18H14ClN3O4/c1-26-15-5-3-2-4-11(15)17(24)21-22-18(25)13-9-20-14-7-6-10(19)8-12(14)16(13)23/h2-9H,1H3,(H,20,23)(H,21,24)(H,22,25). The highest BCUT2D eigenvalue weighted by molar-refractivity contribution is 6.31. The van der Waals surface area contributed by atoms with Crippen molar-refractivity contribution in [2.75, 3.05) is 7.11 Å². The van der Waals surface area contributed by atoms with Crippen LogP contribution < -0.4 is 21.0 Å². The van der Waals surface area contributed by atoms with Crippen LogP contribution in [0.2, 0.25) is 5.02 Å². The van der Waals surface area contributed by atoms with Crippen LogP contribution in [0.25, 0.3) is 10.9 Å². The first-order valence-electron chi connectivity index (χ1n) is 7.56. The summed E-state index contributed by atoms with van der Waals surface area (Å²) in [7, 11) is 1.43. The molecule has 0 saturated carbocycles. The smallest absolute Gasteiger partial charge is 0.275 e. The molecule has 8 heteroatoms. The average molecular weight is 372 g/mol. The normalized spacial score (nSPS) is 10.4. The number of H-pyrrole nitrogens is 1. The predicted molar refractivity (Wildman–Crippen MR) is 97.5 cm³/mol. The Kier molecular flexibility index (Phi) is 4.90. The van der Waals surface area contributed by atoms with Crippen molar-refractivity contribution in [3.8, 4) is 5.75 Å². The van der Waals surface area contributed by atoms with Gasteiger partial charge < -0.3 is 9.72 Å². The quantitative estimate of drug-likeness (QED) is 0.615. The molecule has 0 radical (unpaired) electrons. The van der Waals surface area contributed by atoms with Gasteiger partial charge in [0.05, 0.1) is 12.7 Å². The number of ether oxygens (including phenoxy) is 1. The van der Waals surface area contributed by atoms with E-state index in [-0.39, 0.29) is 16.5 Å². The second-order valence-corrected chi connectivity index (χ2v) is 5.77. The Labute approximate surface area is 152 Å². The van der Waals surface area contributed by atoms with Crippen molar-refractivity contribution < 1.29 is 14.3 Å². The van der Waals surface area contributed by atoms with Gasteiger partial charge in [-0.05, 0) is 30.3 Å². The molecule has 0 unspecified atom stereocenters. The van der Waals surface area contributed by atoms with E-state index in [2.05, 4.69) is 15.8 Å². The second-order valence-electron chi connectivity index (χ2n) is 5.33. The summed E-state index contributed by atoms with van der Waals surface area (Å²) < 4.78 is 5.10. The summed E-state index contributed by atoms with van der Waals surface area (Å²) in [6.45, 7) is 0. The van der Waals surface area contributed by atoms with Crippen molar-refractivity contribution in [1.82, 2.24) is 15.8 Å². The largest absolute Gasteiger partial charge is 0.496 e. The molecule has 0 atom stereocenters. The first-order chi connectivity index (χ1) is 12.5. The number of hydrogen-bond donors (Lipinski definition) is 3.